The number of hydrogen-bond donors (Lipinski definition) is 1. The Hall–Kier alpha value is -1.27. The molecule has 4 nitrogen and oxygen atoms in total. The van der Waals surface area contributed by atoms with Crippen molar-refractivity contribution in [3.05, 3.63) is 0 Å². The molecule has 15 heavy (non-hydrogen) atoms. The second-order valence-corrected chi connectivity index (χ2v) is 3.63. The molecular formula is C8H11F3N2O2. The zero-order valence-electron chi connectivity index (χ0n) is 8.26. The predicted octanol–water partition coefficient (Wildman–Crippen LogP) is 1.13. The maximum atomic E-state index is 12.4. The molecule has 1 rings (SSSR count). The summed E-state index contributed by atoms with van der Waals surface area (Å²) in [6.45, 7) is 2.57. The highest BCUT2D eigenvalue weighted by molar-refractivity contribution is 5.98. The van der Waals surface area contributed by atoms with Gasteiger partial charge in [-0.1, -0.05) is 0 Å². The highest BCUT2D eigenvalue weighted by Crippen LogP contribution is 2.29. The third-order valence-electron chi connectivity index (χ3n) is 2.21. The van der Waals surface area contributed by atoms with Gasteiger partial charge >= 0.3 is 12.2 Å². The number of nitrogens with one attached hydrogen (secondary N) is 1. The van der Waals surface area contributed by atoms with Crippen molar-refractivity contribution in [1.82, 2.24) is 10.2 Å². The quantitative estimate of drug-likeness (QED) is 0.725. The Morgan fingerprint density at radius 3 is 2.33 bits per heavy atom. The second-order valence-electron chi connectivity index (χ2n) is 3.63. The van der Waals surface area contributed by atoms with Crippen LogP contribution in [0.1, 0.15) is 13.8 Å². The van der Waals surface area contributed by atoms with E-state index in [1.54, 1.807) is 19.2 Å². The van der Waals surface area contributed by atoms with Crippen LogP contribution in [0.5, 0.6) is 0 Å². The topological polar surface area (TPSA) is 49.4 Å². The molecule has 0 aromatic carbocycles. The van der Waals surface area contributed by atoms with Gasteiger partial charge in [0, 0.05) is 12.6 Å². The lowest BCUT2D eigenvalue weighted by atomic mass is 10.0. The standard InChI is InChI=1S/C8H11F3N2O2/c1-4(2)13-3-5(8(9,10)11)6(14)12-7(13)15/h4-5H,3H2,1-2H3,(H,12,14,15). The zero-order valence-corrected chi connectivity index (χ0v) is 8.26. The van der Waals surface area contributed by atoms with Crippen molar-refractivity contribution in [3.63, 3.8) is 0 Å². The van der Waals surface area contributed by atoms with Crippen LogP contribution < -0.4 is 5.32 Å². The molecule has 1 heterocycles. The molecule has 1 atom stereocenters. The summed E-state index contributed by atoms with van der Waals surface area (Å²) in [5.74, 6) is -3.40. The predicted molar refractivity (Wildman–Crippen MR) is 44.9 cm³/mol. The normalized spacial score (nSPS) is 23.3. The molecule has 1 fully saturated rings. The van der Waals surface area contributed by atoms with E-state index in [-0.39, 0.29) is 6.04 Å². The lowest BCUT2D eigenvalue weighted by Gasteiger charge is -2.35. The molecule has 3 amide bonds. The number of carbonyl (C=O) groups is 2. The molecule has 0 spiro atoms. The maximum absolute atomic E-state index is 12.4. The van der Waals surface area contributed by atoms with Gasteiger partial charge in [0.15, 0.2) is 5.92 Å². The first-order valence-corrected chi connectivity index (χ1v) is 4.41. The first kappa shape index (κ1) is 11.8. The van der Waals surface area contributed by atoms with Crippen LogP contribution in [-0.2, 0) is 4.79 Å². The van der Waals surface area contributed by atoms with Crippen molar-refractivity contribution in [2.24, 2.45) is 5.92 Å². The van der Waals surface area contributed by atoms with E-state index in [1.807, 2.05) is 0 Å². The molecule has 1 saturated heterocycles. The Morgan fingerprint density at radius 1 is 1.40 bits per heavy atom. The molecule has 1 aliphatic heterocycles. The summed E-state index contributed by atoms with van der Waals surface area (Å²) in [7, 11) is 0. The maximum Gasteiger partial charge on any atom is 0.402 e. The minimum Gasteiger partial charge on any atom is -0.321 e. The number of alkyl halides is 3. The van der Waals surface area contributed by atoms with Crippen LogP contribution >= 0.6 is 0 Å². The van der Waals surface area contributed by atoms with Gasteiger partial charge in [-0.2, -0.15) is 13.2 Å². The summed E-state index contributed by atoms with van der Waals surface area (Å²) in [6.07, 6.45) is -4.61. The first-order valence-electron chi connectivity index (χ1n) is 4.41. The van der Waals surface area contributed by atoms with Gasteiger partial charge in [0.25, 0.3) is 0 Å². The molecule has 86 valence electrons. The summed E-state index contributed by atoms with van der Waals surface area (Å²) in [5, 5.41) is 1.70. The van der Waals surface area contributed by atoms with E-state index >= 15 is 0 Å². The van der Waals surface area contributed by atoms with E-state index in [0.717, 1.165) is 4.90 Å². The molecule has 0 bridgehead atoms. The van der Waals surface area contributed by atoms with Crippen LogP contribution in [0.3, 0.4) is 0 Å². The van der Waals surface area contributed by atoms with E-state index < -0.39 is 30.6 Å². The Bertz CT molecular complexity index is 288. The van der Waals surface area contributed by atoms with E-state index in [2.05, 4.69) is 0 Å². The number of carbonyl (C=O) groups excluding carboxylic acids is 2. The molecule has 0 aromatic heterocycles. The van der Waals surface area contributed by atoms with E-state index in [4.69, 9.17) is 0 Å². The van der Waals surface area contributed by atoms with E-state index in [1.165, 1.54) is 0 Å². The minimum atomic E-state index is -4.61. The SMILES string of the molecule is CC(C)N1CC(C(F)(F)F)C(=O)NC1=O. The highest BCUT2D eigenvalue weighted by atomic mass is 19.4. The lowest BCUT2D eigenvalue weighted by molar-refractivity contribution is -0.187. The van der Waals surface area contributed by atoms with Crippen LogP contribution in [0.2, 0.25) is 0 Å². The van der Waals surface area contributed by atoms with Crippen molar-refractivity contribution < 1.29 is 22.8 Å². The highest BCUT2D eigenvalue weighted by Gasteiger charge is 2.49. The Morgan fingerprint density at radius 2 is 1.93 bits per heavy atom. The number of imide groups is 1. The number of rotatable bonds is 1. The minimum absolute atomic E-state index is 0.372. The van der Waals surface area contributed by atoms with Crippen molar-refractivity contribution in [2.45, 2.75) is 26.1 Å². The van der Waals surface area contributed by atoms with Crippen molar-refractivity contribution in [1.29, 1.82) is 0 Å². The van der Waals surface area contributed by atoms with Gasteiger partial charge in [-0.3, -0.25) is 10.1 Å². The van der Waals surface area contributed by atoms with Crippen molar-refractivity contribution in [2.75, 3.05) is 6.54 Å². The molecule has 1 unspecified atom stereocenters. The summed E-state index contributed by atoms with van der Waals surface area (Å²) in [6, 6.07) is -1.14. The molecule has 1 N–H and O–H groups in total. The van der Waals surface area contributed by atoms with Crippen molar-refractivity contribution >= 4 is 11.9 Å². The summed E-state index contributed by atoms with van der Waals surface area (Å²) >= 11 is 0. The van der Waals surface area contributed by atoms with Gasteiger partial charge in [0.1, 0.15) is 0 Å². The summed E-state index contributed by atoms with van der Waals surface area (Å²) in [5.41, 5.74) is 0. The number of nitrogens with zero attached hydrogens (tertiary/aromatic N) is 1. The second kappa shape index (κ2) is 3.71. The molecule has 0 saturated carbocycles. The lowest BCUT2D eigenvalue weighted by Crippen LogP contribution is -2.59. The van der Waals surface area contributed by atoms with Gasteiger partial charge in [0.2, 0.25) is 5.91 Å². The fourth-order valence-electron chi connectivity index (χ4n) is 1.32. The summed E-state index contributed by atoms with van der Waals surface area (Å²) < 4.78 is 37.1. The monoisotopic (exact) mass is 224 g/mol. The third kappa shape index (κ3) is 2.40. The average molecular weight is 224 g/mol. The van der Waals surface area contributed by atoms with Crippen LogP contribution in [0.25, 0.3) is 0 Å². The average Bonchev–Trinajstić information content (AvgIpc) is 2.00. The number of halogens is 3. The van der Waals surface area contributed by atoms with E-state index in [0.29, 0.717) is 0 Å². The van der Waals surface area contributed by atoms with Crippen molar-refractivity contribution in [3.8, 4) is 0 Å². The Labute approximate surface area is 84.4 Å². The molecular weight excluding hydrogens is 213 g/mol. The van der Waals surface area contributed by atoms with Crippen LogP contribution in [-0.4, -0.2) is 35.6 Å². The largest absolute Gasteiger partial charge is 0.402 e. The smallest absolute Gasteiger partial charge is 0.321 e. The number of urea groups is 1. The molecule has 0 aliphatic carbocycles. The van der Waals surface area contributed by atoms with Gasteiger partial charge < -0.3 is 4.90 Å². The van der Waals surface area contributed by atoms with Crippen LogP contribution in [0.4, 0.5) is 18.0 Å². The molecule has 0 radical (unpaired) electrons. The van der Waals surface area contributed by atoms with Gasteiger partial charge in [-0.25, -0.2) is 4.79 Å². The van der Waals surface area contributed by atoms with Crippen LogP contribution in [0.15, 0.2) is 0 Å². The van der Waals surface area contributed by atoms with Gasteiger partial charge in [-0.15, -0.1) is 0 Å². The van der Waals surface area contributed by atoms with Crippen LogP contribution in [0, 0.1) is 5.92 Å². The first-order chi connectivity index (χ1) is 6.73. The molecule has 1 aliphatic rings. The molecule has 0 aromatic rings. The Kier molecular flexibility index (Phi) is 2.92. The number of hydrogen-bond acceptors (Lipinski definition) is 2. The zero-order chi connectivity index (χ0) is 11.8. The molecule has 7 heteroatoms. The summed E-state index contributed by atoms with van der Waals surface area (Å²) in [4.78, 5) is 23.1. The third-order valence-corrected chi connectivity index (χ3v) is 2.21. The Balaban J connectivity index is 2.85. The van der Waals surface area contributed by atoms with Gasteiger partial charge in [-0.05, 0) is 13.8 Å². The fraction of sp³-hybridized carbons (Fsp3) is 0.750. The number of amides is 3. The fourth-order valence-corrected chi connectivity index (χ4v) is 1.32. The van der Waals surface area contributed by atoms with E-state index in [9.17, 15) is 22.8 Å². The van der Waals surface area contributed by atoms with Gasteiger partial charge in [0.05, 0.1) is 0 Å².